The van der Waals surface area contributed by atoms with Crippen LogP contribution in [0.3, 0.4) is 0 Å². The smallest absolute Gasteiger partial charge is 0.333 e. The highest BCUT2D eigenvalue weighted by Gasteiger charge is 2.21. The maximum absolute atomic E-state index is 11.2. The van der Waals surface area contributed by atoms with Gasteiger partial charge in [0.2, 0.25) is 5.91 Å². The summed E-state index contributed by atoms with van der Waals surface area (Å²) in [4.78, 5) is 24.1. The highest BCUT2D eigenvalue weighted by molar-refractivity contribution is 5.86. The number of piperidine rings is 1. The number of amides is 1. The zero-order valence-electron chi connectivity index (χ0n) is 9.99. The van der Waals surface area contributed by atoms with Crippen LogP contribution in [0.1, 0.15) is 26.7 Å². The van der Waals surface area contributed by atoms with Crippen LogP contribution in [-0.4, -0.2) is 36.5 Å². The van der Waals surface area contributed by atoms with E-state index in [4.69, 9.17) is 4.74 Å². The molecule has 0 atom stereocenters. The Hall–Kier alpha value is -1.32. The first-order chi connectivity index (χ1) is 7.50. The van der Waals surface area contributed by atoms with Gasteiger partial charge < -0.3 is 9.64 Å². The van der Waals surface area contributed by atoms with Gasteiger partial charge in [-0.1, -0.05) is 6.58 Å². The molecule has 0 saturated carbocycles. The Kier molecular flexibility index (Phi) is 4.52. The summed E-state index contributed by atoms with van der Waals surface area (Å²) in [7, 11) is 0. The number of hydrogen-bond donors (Lipinski definition) is 0. The predicted molar refractivity (Wildman–Crippen MR) is 60.8 cm³/mol. The fourth-order valence-corrected chi connectivity index (χ4v) is 1.73. The molecule has 1 aliphatic heterocycles. The molecular formula is C12H19NO3. The van der Waals surface area contributed by atoms with Crippen molar-refractivity contribution in [2.24, 2.45) is 5.92 Å². The van der Waals surface area contributed by atoms with Crippen molar-refractivity contribution in [2.45, 2.75) is 26.7 Å². The summed E-state index contributed by atoms with van der Waals surface area (Å²) < 4.78 is 5.10. The molecule has 1 saturated heterocycles. The van der Waals surface area contributed by atoms with Crippen LogP contribution < -0.4 is 0 Å². The molecule has 4 nitrogen and oxygen atoms in total. The summed E-state index contributed by atoms with van der Waals surface area (Å²) in [5, 5.41) is 0. The maximum atomic E-state index is 11.2. The second-order valence-electron chi connectivity index (χ2n) is 4.33. The number of esters is 1. The quantitative estimate of drug-likeness (QED) is 0.538. The molecule has 90 valence electrons. The number of likely N-dealkylation sites (tertiary alicyclic amines) is 1. The monoisotopic (exact) mass is 225 g/mol. The van der Waals surface area contributed by atoms with Crippen molar-refractivity contribution in [3.8, 4) is 0 Å². The summed E-state index contributed by atoms with van der Waals surface area (Å²) in [5.74, 6) is 0.172. The van der Waals surface area contributed by atoms with Gasteiger partial charge in [-0.25, -0.2) is 4.79 Å². The molecule has 1 heterocycles. The van der Waals surface area contributed by atoms with Gasteiger partial charge in [-0.05, 0) is 25.7 Å². The average molecular weight is 225 g/mol. The summed E-state index contributed by atoms with van der Waals surface area (Å²) in [5.41, 5.74) is 0.432. The van der Waals surface area contributed by atoms with E-state index in [9.17, 15) is 9.59 Å². The first-order valence-electron chi connectivity index (χ1n) is 5.59. The number of nitrogens with zero attached hydrogens (tertiary/aromatic N) is 1. The molecule has 0 radical (unpaired) electrons. The zero-order chi connectivity index (χ0) is 12.1. The lowest BCUT2D eigenvalue weighted by atomic mass is 9.98. The number of hydrogen-bond acceptors (Lipinski definition) is 3. The lowest BCUT2D eigenvalue weighted by molar-refractivity contribution is -0.141. The molecule has 1 amide bonds. The van der Waals surface area contributed by atoms with Gasteiger partial charge in [0.05, 0.1) is 6.61 Å². The van der Waals surface area contributed by atoms with Gasteiger partial charge in [0.25, 0.3) is 0 Å². The van der Waals surface area contributed by atoms with Crippen LogP contribution in [0.25, 0.3) is 0 Å². The van der Waals surface area contributed by atoms with E-state index in [0.29, 0.717) is 18.1 Å². The number of carbonyl (C=O) groups excluding carboxylic acids is 2. The highest BCUT2D eigenvalue weighted by Crippen LogP contribution is 2.17. The summed E-state index contributed by atoms with van der Waals surface area (Å²) in [6, 6.07) is 0. The van der Waals surface area contributed by atoms with E-state index in [1.807, 2.05) is 4.90 Å². The molecule has 0 spiro atoms. The molecule has 0 aromatic carbocycles. The van der Waals surface area contributed by atoms with E-state index < -0.39 is 0 Å². The number of rotatable bonds is 3. The van der Waals surface area contributed by atoms with Crippen molar-refractivity contribution >= 4 is 11.9 Å². The third kappa shape index (κ3) is 3.68. The van der Waals surface area contributed by atoms with Gasteiger partial charge in [-0.3, -0.25) is 4.79 Å². The van der Waals surface area contributed by atoms with E-state index in [0.717, 1.165) is 25.9 Å². The van der Waals surface area contributed by atoms with Crippen LogP contribution in [0.4, 0.5) is 0 Å². The van der Waals surface area contributed by atoms with Crippen molar-refractivity contribution in [2.75, 3.05) is 19.7 Å². The second kappa shape index (κ2) is 5.68. The Morgan fingerprint density at radius 2 is 1.88 bits per heavy atom. The number of ether oxygens (including phenoxy) is 1. The molecule has 0 aliphatic carbocycles. The van der Waals surface area contributed by atoms with Crippen molar-refractivity contribution in [1.82, 2.24) is 4.90 Å². The normalized spacial score (nSPS) is 17.0. The molecule has 0 unspecified atom stereocenters. The van der Waals surface area contributed by atoms with E-state index in [-0.39, 0.29) is 11.9 Å². The van der Waals surface area contributed by atoms with Gasteiger partial charge in [-0.2, -0.15) is 0 Å². The van der Waals surface area contributed by atoms with Gasteiger partial charge in [0, 0.05) is 25.6 Å². The standard InChI is InChI=1S/C12H19NO3/c1-9(2)12(15)16-8-11-4-6-13(7-5-11)10(3)14/h11H,1,4-8H2,2-3H3. The lowest BCUT2D eigenvalue weighted by Gasteiger charge is -2.30. The first kappa shape index (κ1) is 12.7. The number of carbonyl (C=O) groups is 2. The van der Waals surface area contributed by atoms with E-state index >= 15 is 0 Å². The third-order valence-electron chi connectivity index (χ3n) is 2.86. The third-order valence-corrected chi connectivity index (χ3v) is 2.86. The van der Waals surface area contributed by atoms with E-state index in [2.05, 4.69) is 6.58 Å². The van der Waals surface area contributed by atoms with Crippen molar-refractivity contribution in [1.29, 1.82) is 0 Å². The van der Waals surface area contributed by atoms with Gasteiger partial charge >= 0.3 is 5.97 Å². The maximum Gasteiger partial charge on any atom is 0.333 e. The molecule has 1 rings (SSSR count). The zero-order valence-corrected chi connectivity index (χ0v) is 9.99. The Labute approximate surface area is 96.3 Å². The van der Waals surface area contributed by atoms with Crippen LogP contribution in [-0.2, 0) is 14.3 Å². The molecule has 4 heteroatoms. The molecule has 0 aromatic rings. The molecule has 1 aliphatic rings. The van der Waals surface area contributed by atoms with Crippen molar-refractivity contribution < 1.29 is 14.3 Å². The minimum Gasteiger partial charge on any atom is -0.462 e. The topological polar surface area (TPSA) is 46.6 Å². The van der Waals surface area contributed by atoms with Gasteiger partial charge in [-0.15, -0.1) is 0 Å². The molecular weight excluding hydrogens is 206 g/mol. The average Bonchev–Trinajstić information content (AvgIpc) is 2.26. The fraction of sp³-hybridized carbons (Fsp3) is 0.667. The molecule has 0 bridgehead atoms. The Balaban J connectivity index is 2.25. The Morgan fingerprint density at radius 1 is 1.31 bits per heavy atom. The minimum atomic E-state index is -0.325. The summed E-state index contributed by atoms with van der Waals surface area (Å²) in [6.45, 7) is 8.73. The summed E-state index contributed by atoms with van der Waals surface area (Å²) in [6.07, 6.45) is 1.81. The van der Waals surface area contributed by atoms with Crippen LogP contribution in [0.5, 0.6) is 0 Å². The minimum absolute atomic E-state index is 0.123. The van der Waals surface area contributed by atoms with Crippen LogP contribution in [0, 0.1) is 5.92 Å². The molecule has 0 N–H and O–H groups in total. The fourth-order valence-electron chi connectivity index (χ4n) is 1.73. The van der Waals surface area contributed by atoms with Gasteiger partial charge in [0.1, 0.15) is 0 Å². The molecule has 1 fully saturated rings. The summed E-state index contributed by atoms with van der Waals surface area (Å²) >= 11 is 0. The lowest BCUT2D eigenvalue weighted by Crippen LogP contribution is -2.38. The largest absolute Gasteiger partial charge is 0.462 e. The van der Waals surface area contributed by atoms with Crippen LogP contribution in [0.15, 0.2) is 12.2 Å². The van der Waals surface area contributed by atoms with Crippen LogP contribution >= 0.6 is 0 Å². The van der Waals surface area contributed by atoms with Gasteiger partial charge in [0.15, 0.2) is 0 Å². The Morgan fingerprint density at radius 3 is 2.31 bits per heavy atom. The van der Waals surface area contributed by atoms with Crippen LogP contribution in [0.2, 0.25) is 0 Å². The molecule has 0 aromatic heterocycles. The second-order valence-corrected chi connectivity index (χ2v) is 4.33. The van der Waals surface area contributed by atoms with E-state index in [1.165, 1.54) is 0 Å². The van der Waals surface area contributed by atoms with E-state index in [1.54, 1.807) is 13.8 Å². The van der Waals surface area contributed by atoms with Crippen molar-refractivity contribution in [3.63, 3.8) is 0 Å². The molecule has 16 heavy (non-hydrogen) atoms. The first-order valence-corrected chi connectivity index (χ1v) is 5.59. The predicted octanol–water partition coefficient (Wildman–Crippen LogP) is 1.36. The van der Waals surface area contributed by atoms with Crippen molar-refractivity contribution in [3.05, 3.63) is 12.2 Å². The SMILES string of the molecule is C=C(C)C(=O)OCC1CCN(C(C)=O)CC1. The highest BCUT2D eigenvalue weighted by atomic mass is 16.5. The Bertz CT molecular complexity index is 291.